The van der Waals surface area contributed by atoms with Gasteiger partial charge in [-0.15, -0.1) is 5.10 Å². The van der Waals surface area contributed by atoms with Gasteiger partial charge in [-0.2, -0.15) is 5.26 Å². The van der Waals surface area contributed by atoms with E-state index in [4.69, 9.17) is 39.5 Å². The molecule has 1 atom stereocenters. The molecule has 0 aliphatic carbocycles. The van der Waals surface area contributed by atoms with E-state index in [1.54, 1.807) is 12.1 Å². The number of nitriles is 1. The van der Waals surface area contributed by atoms with E-state index in [2.05, 4.69) is 57.7 Å². The number of hydrogen-bond donors (Lipinski definition) is 2. The smallest absolute Gasteiger partial charge is 0.138 e. The lowest BCUT2D eigenvalue weighted by Crippen LogP contribution is -2.46. The van der Waals surface area contributed by atoms with Crippen LogP contribution in [0.3, 0.4) is 0 Å². The molecule has 1 saturated heterocycles. The molecule has 1 aliphatic heterocycles. The Morgan fingerprint density at radius 3 is 2.36 bits per heavy atom. The van der Waals surface area contributed by atoms with Gasteiger partial charge >= 0.3 is 0 Å². The van der Waals surface area contributed by atoms with Crippen molar-refractivity contribution in [3.8, 4) is 11.8 Å². The lowest BCUT2D eigenvalue weighted by Gasteiger charge is -2.40. The van der Waals surface area contributed by atoms with Gasteiger partial charge in [-0.05, 0) is 87.2 Å². The van der Waals surface area contributed by atoms with Crippen molar-refractivity contribution in [2.24, 2.45) is 0 Å². The average molecular weight is 766 g/mol. The van der Waals surface area contributed by atoms with Crippen LogP contribution in [0.1, 0.15) is 68.1 Å². The number of aromatic nitrogens is 4. The lowest BCUT2D eigenvalue weighted by atomic mass is 9.98. The number of piperidine rings is 1. The number of anilines is 3. The summed E-state index contributed by atoms with van der Waals surface area (Å²) in [7, 11) is 0. The second kappa shape index (κ2) is 15.6. The molecule has 1 aliphatic rings. The fourth-order valence-corrected chi connectivity index (χ4v) is 7.32. The average Bonchev–Trinajstić information content (AvgIpc) is 3.65. The third-order valence-electron chi connectivity index (χ3n) is 9.61. The summed E-state index contributed by atoms with van der Waals surface area (Å²) in [4.78, 5) is 7.07. The highest BCUT2D eigenvalue weighted by atomic mass is 35.5. The summed E-state index contributed by atoms with van der Waals surface area (Å²) in [6, 6.07) is 28.9. The van der Waals surface area contributed by atoms with Crippen molar-refractivity contribution in [3.63, 3.8) is 0 Å². The Kier molecular flexibility index (Phi) is 10.8. The maximum Gasteiger partial charge on any atom is 0.138 e. The van der Waals surface area contributed by atoms with Crippen molar-refractivity contribution in [2.45, 2.75) is 57.8 Å². The van der Waals surface area contributed by atoms with E-state index in [9.17, 15) is 5.26 Å². The lowest BCUT2D eigenvalue weighted by molar-refractivity contribution is 0.0866. The van der Waals surface area contributed by atoms with E-state index < -0.39 is 0 Å². The molecule has 9 nitrogen and oxygen atoms in total. The molecule has 2 N–H and O–H groups in total. The van der Waals surface area contributed by atoms with Crippen molar-refractivity contribution in [3.05, 3.63) is 135 Å². The fourth-order valence-electron chi connectivity index (χ4n) is 6.69. The Hall–Kier alpha value is -4.85. The van der Waals surface area contributed by atoms with Crippen LogP contribution in [-0.2, 0) is 6.61 Å². The summed E-state index contributed by atoms with van der Waals surface area (Å²) in [6.07, 6.45) is 5.55. The van der Waals surface area contributed by atoms with Crippen LogP contribution in [0.5, 0.6) is 5.75 Å². The standard InChI is InChI=1S/C41H39Cl3N8O/c1-41(2,3)51-17-15-32(16-18-51)52-24-36(49-50-52)39(27-9-11-29(42)12-10-27)48-31-19-33-38(28(22-45)23-46-40(33)35(44)21-31)47-30-13-14-37(34(43)20-30)53-25-26-7-5-4-6-8-26/h4-14,19-21,23-24,32,39,48H,15-18,25H2,1-3H3,(H,46,47)/t39-/m0/s1. The fraction of sp³-hybridized carbons (Fsp3) is 0.268. The molecular formula is C41H39Cl3N8O. The molecule has 0 amide bonds. The molecule has 0 unspecified atom stereocenters. The van der Waals surface area contributed by atoms with Gasteiger partial charge in [0.2, 0.25) is 0 Å². The molecule has 3 heterocycles. The van der Waals surface area contributed by atoms with Crippen LogP contribution in [0.2, 0.25) is 15.1 Å². The third kappa shape index (κ3) is 8.37. The summed E-state index contributed by atoms with van der Waals surface area (Å²) < 4.78 is 7.98. The number of halogens is 3. The minimum atomic E-state index is -0.380. The van der Waals surface area contributed by atoms with Crippen LogP contribution in [0.4, 0.5) is 17.1 Å². The highest BCUT2D eigenvalue weighted by Gasteiger charge is 2.29. The zero-order valence-corrected chi connectivity index (χ0v) is 31.9. The molecular weight excluding hydrogens is 727 g/mol. The second-order valence-corrected chi connectivity index (χ2v) is 15.4. The Morgan fingerprint density at radius 1 is 0.925 bits per heavy atom. The highest BCUT2D eigenvalue weighted by Crippen LogP contribution is 2.38. The largest absolute Gasteiger partial charge is 0.487 e. The van der Waals surface area contributed by atoms with Gasteiger partial charge in [-0.3, -0.25) is 9.88 Å². The molecule has 7 rings (SSSR count). The first-order valence-corrected chi connectivity index (χ1v) is 18.6. The van der Waals surface area contributed by atoms with Crippen LogP contribution in [0.25, 0.3) is 10.9 Å². The predicted octanol–water partition coefficient (Wildman–Crippen LogP) is 10.6. The van der Waals surface area contributed by atoms with Gasteiger partial charge in [-0.1, -0.05) is 82.5 Å². The Morgan fingerprint density at radius 2 is 1.66 bits per heavy atom. The first-order valence-electron chi connectivity index (χ1n) is 17.5. The highest BCUT2D eigenvalue weighted by molar-refractivity contribution is 6.36. The Balaban J connectivity index is 1.18. The quantitative estimate of drug-likeness (QED) is 0.142. The first kappa shape index (κ1) is 36.5. The van der Waals surface area contributed by atoms with Gasteiger partial charge in [0.25, 0.3) is 0 Å². The molecule has 0 bridgehead atoms. The van der Waals surface area contributed by atoms with E-state index in [1.807, 2.05) is 83.7 Å². The number of fused-ring (bicyclic) bond motifs is 1. The minimum absolute atomic E-state index is 0.136. The second-order valence-electron chi connectivity index (χ2n) is 14.2. The number of pyridine rings is 1. The molecule has 0 saturated carbocycles. The zero-order valence-electron chi connectivity index (χ0n) is 29.7. The molecule has 1 fully saturated rings. The van der Waals surface area contributed by atoms with Gasteiger partial charge in [0, 0.05) is 46.6 Å². The SMILES string of the molecule is CC(C)(C)N1CCC(n2cc([C@@H](Nc3cc(Cl)c4ncc(C#N)c(Nc5ccc(OCc6ccccc6)c(Cl)c5)c4c3)c3ccc(Cl)cc3)nn2)CC1. The minimum Gasteiger partial charge on any atom is -0.487 e. The van der Waals surface area contributed by atoms with Crippen molar-refractivity contribution < 1.29 is 4.74 Å². The normalized spacial score (nSPS) is 14.5. The number of benzene rings is 4. The molecule has 0 spiro atoms. The van der Waals surface area contributed by atoms with E-state index in [-0.39, 0.29) is 17.6 Å². The van der Waals surface area contributed by atoms with Gasteiger partial charge in [0.05, 0.1) is 45.1 Å². The van der Waals surface area contributed by atoms with E-state index in [1.165, 1.54) is 6.20 Å². The number of nitrogens with zero attached hydrogens (tertiary/aromatic N) is 6. The Bertz CT molecular complexity index is 2260. The van der Waals surface area contributed by atoms with Gasteiger partial charge in [-0.25, -0.2) is 4.68 Å². The van der Waals surface area contributed by atoms with Gasteiger partial charge in [0.1, 0.15) is 24.1 Å². The number of ether oxygens (including phenoxy) is 1. The summed E-state index contributed by atoms with van der Waals surface area (Å²) in [5.41, 5.74) is 5.70. The summed E-state index contributed by atoms with van der Waals surface area (Å²) in [6.45, 7) is 9.18. The molecule has 270 valence electrons. The van der Waals surface area contributed by atoms with E-state index >= 15 is 0 Å². The van der Waals surface area contributed by atoms with Crippen molar-refractivity contribution in [2.75, 3.05) is 23.7 Å². The van der Waals surface area contributed by atoms with Crippen LogP contribution >= 0.6 is 34.8 Å². The third-order valence-corrected chi connectivity index (χ3v) is 10.4. The number of rotatable bonds is 10. The Labute approximate surface area is 324 Å². The summed E-state index contributed by atoms with van der Waals surface area (Å²) in [5.74, 6) is 0.552. The molecule has 53 heavy (non-hydrogen) atoms. The number of hydrogen-bond acceptors (Lipinski definition) is 8. The van der Waals surface area contributed by atoms with Crippen molar-refractivity contribution in [1.29, 1.82) is 5.26 Å². The molecule has 0 radical (unpaired) electrons. The number of likely N-dealkylation sites (tertiary alicyclic amines) is 1. The molecule has 12 heteroatoms. The van der Waals surface area contributed by atoms with Crippen molar-refractivity contribution >= 4 is 62.8 Å². The van der Waals surface area contributed by atoms with Crippen LogP contribution in [-0.4, -0.2) is 43.5 Å². The predicted molar refractivity (Wildman–Crippen MR) is 214 cm³/mol. The monoisotopic (exact) mass is 764 g/mol. The maximum absolute atomic E-state index is 10.1. The summed E-state index contributed by atoms with van der Waals surface area (Å²) >= 11 is 19.9. The molecule has 6 aromatic rings. The zero-order chi connectivity index (χ0) is 37.1. The molecule has 4 aromatic carbocycles. The molecule has 2 aromatic heterocycles. The topological polar surface area (TPSA) is 104 Å². The van der Waals surface area contributed by atoms with Gasteiger partial charge < -0.3 is 15.4 Å². The van der Waals surface area contributed by atoms with Crippen LogP contribution in [0, 0.1) is 11.3 Å². The van der Waals surface area contributed by atoms with E-state index in [0.717, 1.165) is 42.8 Å². The number of nitrogens with one attached hydrogen (secondary N) is 2. The van der Waals surface area contributed by atoms with Gasteiger partial charge in [0.15, 0.2) is 0 Å². The van der Waals surface area contributed by atoms with Crippen LogP contribution < -0.4 is 15.4 Å². The summed E-state index contributed by atoms with van der Waals surface area (Å²) in [5, 5.41) is 28.6. The maximum atomic E-state index is 10.1. The van der Waals surface area contributed by atoms with Crippen molar-refractivity contribution in [1.82, 2.24) is 24.9 Å². The first-order chi connectivity index (χ1) is 25.6. The van der Waals surface area contributed by atoms with E-state index in [0.29, 0.717) is 61.0 Å². The van der Waals surface area contributed by atoms with Crippen LogP contribution in [0.15, 0.2) is 97.3 Å².